The third-order valence-corrected chi connectivity index (χ3v) is 3.85. The van der Waals surface area contributed by atoms with Crippen LogP contribution in [0.1, 0.15) is 46.5 Å². The van der Waals surface area contributed by atoms with Gasteiger partial charge in [-0.05, 0) is 33.1 Å². The molecule has 0 aromatic rings. The van der Waals surface area contributed by atoms with Gasteiger partial charge in [-0.25, -0.2) is 0 Å². The van der Waals surface area contributed by atoms with E-state index in [0.29, 0.717) is 12.8 Å². The first-order chi connectivity index (χ1) is 7.90. The van der Waals surface area contributed by atoms with Crippen molar-refractivity contribution >= 4 is 5.97 Å². The van der Waals surface area contributed by atoms with Crippen LogP contribution in [0.25, 0.3) is 0 Å². The number of esters is 1. The smallest absolute Gasteiger partial charge is 0.311 e. The van der Waals surface area contributed by atoms with Gasteiger partial charge in [-0.3, -0.25) is 4.79 Å². The van der Waals surface area contributed by atoms with Gasteiger partial charge >= 0.3 is 5.97 Å². The molecule has 0 amide bonds. The summed E-state index contributed by atoms with van der Waals surface area (Å²) >= 11 is 0. The van der Waals surface area contributed by atoms with Crippen LogP contribution in [0.2, 0.25) is 0 Å². The van der Waals surface area contributed by atoms with E-state index in [9.17, 15) is 9.90 Å². The molecule has 3 atom stereocenters. The lowest BCUT2D eigenvalue weighted by Gasteiger charge is -2.33. The molecule has 1 aliphatic rings. The molecule has 4 heteroatoms. The Hall–Kier alpha value is -0.610. The summed E-state index contributed by atoms with van der Waals surface area (Å²) in [5, 5.41) is 18.8. The second kappa shape index (κ2) is 5.83. The zero-order valence-corrected chi connectivity index (χ0v) is 11.0. The third-order valence-electron chi connectivity index (χ3n) is 3.85. The lowest BCUT2D eigenvalue weighted by Crippen LogP contribution is -2.38. The largest absolute Gasteiger partial charge is 0.462 e. The maximum absolute atomic E-state index is 11.9. The fraction of sp³-hybridized carbons (Fsp3) is 0.923. The summed E-state index contributed by atoms with van der Waals surface area (Å²) in [5.41, 5.74) is -0.460. The number of carbonyl (C=O) groups is 1. The fourth-order valence-electron chi connectivity index (χ4n) is 1.95. The summed E-state index contributed by atoms with van der Waals surface area (Å²) in [6, 6.07) is 0. The average molecular weight is 244 g/mol. The number of hydrogen-bond donors (Lipinski definition) is 2. The molecule has 0 aliphatic heterocycles. The van der Waals surface area contributed by atoms with Crippen LogP contribution < -0.4 is 0 Å². The zero-order valence-electron chi connectivity index (χ0n) is 11.0. The molecule has 1 aliphatic carbocycles. The lowest BCUT2D eigenvalue weighted by atomic mass is 9.85. The van der Waals surface area contributed by atoms with E-state index in [1.54, 1.807) is 0 Å². The summed E-state index contributed by atoms with van der Waals surface area (Å²) < 4.78 is 5.43. The highest BCUT2D eigenvalue weighted by atomic mass is 16.5. The maximum atomic E-state index is 11.9. The van der Waals surface area contributed by atoms with Crippen LogP contribution in [0.5, 0.6) is 0 Å². The number of ether oxygens (including phenoxy) is 1. The predicted molar refractivity (Wildman–Crippen MR) is 64.4 cm³/mol. The van der Waals surface area contributed by atoms with Crippen LogP contribution in [-0.2, 0) is 9.53 Å². The number of carbonyl (C=O) groups excluding carboxylic acids is 1. The average Bonchev–Trinajstić information content (AvgIpc) is 2.29. The molecule has 0 spiro atoms. The summed E-state index contributed by atoms with van der Waals surface area (Å²) in [7, 11) is 0. The van der Waals surface area contributed by atoms with Crippen LogP contribution in [0.15, 0.2) is 0 Å². The van der Waals surface area contributed by atoms with Crippen molar-refractivity contribution in [3.63, 3.8) is 0 Å². The summed E-state index contributed by atoms with van der Waals surface area (Å²) in [5.74, 6) is -0.260. The minimum atomic E-state index is -0.559. The molecule has 0 aromatic carbocycles. The second-order valence-corrected chi connectivity index (χ2v) is 5.59. The van der Waals surface area contributed by atoms with E-state index < -0.39 is 11.5 Å². The Kier molecular flexibility index (Phi) is 4.95. The Morgan fingerprint density at radius 1 is 1.41 bits per heavy atom. The second-order valence-electron chi connectivity index (χ2n) is 5.59. The molecule has 0 radical (unpaired) electrons. The van der Waals surface area contributed by atoms with Crippen molar-refractivity contribution in [1.82, 2.24) is 0 Å². The Morgan fingerprint density at radius 2 is 2.06 bits per heavy atom. The summed E-state index contributed by atoms with van der Waals surface area (Å²) in [4.78, 5) is 11.9. The maximum Gasteiger partial charge on any atom is 0.311 e. The van der Waals surface area contributed by atoms with Gasteiger partial charge in [0.05, 0.1) is 11.5 Å². The summed E-state index contributed by atoms with van der Waals surface area (Å²) in [6.07, 6.45) is 1.86. The van der Waals surface area contributed by atoms with Crippen LogP contribution >= 0.6 is 0 Å². The molecule has 4 nitrogen and oxygen atoms in total. The Morgan fingerprint density at radius 3 is 2.53 bits per heavy atom. The van der Waals surface area contributed by atoms with Crippen molar-refractivity contribution in [3.05, 3.63) is 0 Å². The van der Waals surface area contributed by atoms with Crippen molar-refractivity contribution in [1.29, 1.82) is 0 Å². The van der Waals surface area contributed by atoms with E-state index in [-0.39, 0.29) is 24.6 Å². The first kappa shape index (κ1) is 14.5. The molecule has 1 saturated carbocycles. The fourth-order valence-corrected chi connectivity index (χ4v) is 1.95. The van der Waals surface area contributed by atoms with Gasteiger partial charge in [0.25, 0.3) is 0 Å². The standard InChI is InChI=1S/C13H24O4/c1-4-13(2,3)12(16)17-10-6-5-9(8-14)11(15)7-10/h9-11,14-15H,4-8H2,1-3H3. The normalized spacial score (nSPS) is 30.1. The number of aliphatic hydroxyl groups is 2. The number of rotatable bonds is 4. The van der Waals surface area contributed by atoms with Gasteiger partial charge in [-0.2, -0.15) is 0 Å². The van der Waals surface area contributed by atoms with Crippen molar-refractivity contribution in [2.45, 2.75) is 58.7 Å². The van der Waals surface area contributed by atoms with E-state index >= 15 is 0 Å². The highest BCUT2D eigenvalue weighted by molar-refractivity contribution is 5.75. The highest BCUT2D eigenvalue weighted by Gasteiger charge is 2.34. The van der Waals surface area contributed by atoms with Gasteiger partial charge in [-0.1, -0.05) is 6.92 Å². The van der Waals surface area contributed by atoms with Gasteiger partial charge < -0.3 is 14.9 Å². The molecular formula is C13H24O4. The first-order valence-corrected chi connectivity index (χ1v) is 6.40. The number of hydrogen-bond acceptors (Lipinski definition) is 4. The molecule has 0 heterocycles. The van der Waals surface area contributed by atoms with Crippen molar-refractivity contribution < 1.29 is 19.7 Å². The quantitative estimate of drug-likeness (QED) is 0.735. The minimum absolute atomic E-state index is 0.00227. The van der Waals surface area contributed by atoms with Gasteiger partial charge in [0.2, 0.25) is 0 Å². The molecule has 0 aromatic heterocycles. The third kappa shape index (κ3) is 3.68. The van der Waals surface area contributed by atoms with E-state index in [2.05, 4.69) is 0 Å². The Bertz CT molecular complexity index is 262. The van der Waals surface area contributed by atoms with Gasteiger partial charge in [0.1, 0.15) is 6.10 Å². The topological polar surface area (TPSA) is 66.8 Å². The van der Waals surface area contributed by atoms with E-state index in [4.69, 9.17) is 9.84 Å². The van der Waals surface area contributed by atoms with Crippen LogP contribution in [0, 0.1) is 11.3 Å². The van der Waals surface area contributed by atoms with Gasteiger partial charge in [0.15, 0.2) is 0 Å². The molecule has 1 rings (SSSR count). The Balaban J connectivity index is 2.47. The molecule has 1 fully saturated rings. The molecule has 0 saturated heterocycles. The van der Waals surface area contributed by atoms with Crippen LogP contribution in [0.4, 0.5) is 0 Å². The predicted octanol–water partition coefficient (Wildman–Crippen LogP) is 1.49. The first-order valence-electron chi connectivity index (χ1n) is 6.40. The number of aliphatic hydroxyl groups excluding tert-OH is 2. The molecule has 100 valence electrons. The monoisotopic (exact) mass is 244 g/mol. The van der Waals surface area contributed by atoms with Crippen LogP contribution in [0.3, 0.4) is 0 Å². The van der Waals surface area contributed by atoms with Gasteiger partial charge in [0, 0.05) is 18.9 Å². The molecule has 17 heavy (non-hydrogen) atoms. The van der Waals surface area contributed by atoms with Gasteiger partial charge in [-0.15, -0.1) is 0 Å². The molecule has 2 N–H and O–H groups in total. The molecule has 3 unspecified atom stereocenters. The molecular weight excluding hydrogens is 220 g/mol. The molecule has 0 bridgehead atoms. The van der Waals surface area contributed by atoms with Crippen LogP contribution in [-0.4, -0.2) is 35.0 Å². The lowest BCUT2D eigenvalue weighted by molar-refractivity contribution is -0.164. The van der Waals surface area contributed by atoms with E-state index in [1.807, 2.05) is 20.8 Å². The van der Waals surface area contributed by atoms with E-state index in [1.165, 1.54) is 0 Å². The highest BCUT2D eigenvalue weighted by Crippen LogP contribution is 2.29. The van der Waals surface area contributed by atoms with Crippen molar-refractivity contribution in [2.24, 2.45) is 11.3 Å². The minimum Gasteiger partial charge on any atom is -0.462 e. The SMILES string of the molecule is CCC(C)(C)C(=O)OC1CCC(CO)C(O)C1. The van der Waals surface area contributed by atoms with Crippen molar-refractivity contribution in [2.75, 3.05) is 6.61 Å². The summed E-state index contributed by atoms with van der Waals surface area (Å²) in [6.45, 7) is 5.69. The zero-order chi connectivity index (χ0) is 13.1. The van der Waals surface area contributed by atoms with Crippen molar-refractivity contribution in [3.8, 4) is 0 Å². The van der Waals surface area contributed by atoms with E-state index in [0.717, 1.165) is 12.8 Å². The Labute approximate surface area is 103 Å².